The highest BCUT2D eigenvalue weighted by Crippen LogP contribution is 2.28. The Hall–Kier alpha value is -3.04. The molecule has 0 saturated heterocycles. The van der Waals surface area contributed by atoms with Crippen molar-refractivity contribution in [2.75, 3.05) is 27.9 Å². The lowest BCUT2D eigenvalue weighted by Crippen LogP contribution is -2.26. The number of benzene rings is 2. The molecule has 0 heterocycles. The highest BCUT2D eigenvalue weighted by atomic mass is 32.2. The highest BCUT2D eigenvalue weighted by Gasteiger charge is 2.19. The Morgan fingerprint density at radius 2 is 1.66 bits per heavy atom. The van der Waals surface area contributed by atoms with Gasteiger partial charge in [-0.25, -0.2) is 17.9 Å². The Kier molecular flexibility index (Phi) is 7.63. The summed E-state index contributed by atoms with van der Waals surface area (Å²) in [4.78, 5) is 10.6. The molecule has 2 rings (SSSR count). The van der Waals surface area contributed by atoms with Crippen molar-refractivity contribution in [3.05, 3.63) is 53.6 Å². The van der Waals surface area contributed by atoms with Crippen LogP contribution in [0.25, 0.3) is 6.08 Å². The number of methoxy groups -OCH3 is 3. The van der Waals surface area contributed by atoms with E-state index in [2.05, 4.69) is 4.72 Å². The molecule has 156 valence electrons. The third kappa shape index (κ3) is 5.97. The zero-order chi connectivity index (χ0) is 21.4. The van der Waals surface area contributed by atoms with E-state index in [0.717, 1.165) is 11.6 Å². The monoisotopic (exact) mass is 421 g/mol. The maximum absolute atomic E-state index is 12.7. The molecular formula is C20H23NO7S. The van der Waals surface area contributed by atoms with Crippen LogP contribution >= 0.6 is 0 Å². The third-order valence-electron chi connectivity index (χ3n) is 4.05. The van der Waals surface area contributed by atoms with Crippen molar-refractivity contribution in [3.63, 3.8) is 0 Å². The Bertz CT molecular complexity index is 1000. The molecule has 29 heavy (non-hydrogen) atoms. The van der Waals surface area contributed by atoms with Crippen molar-refractivity contribution in [1.82, 2.24) is 4.72 Å². The van der Waals surface area contributed by atoms with Crippen molar-refractivity contribution in [3.8, 4) is 17.2 Å². The predicted octanol–water partition coefficient (Wildman–Crippen LogP) is 2.33. The quantitative estimate of drug-likeness (QED) is 0.567. The van der Waals surface area contributed by atoms with E-state index in [1.807, 2.05) is 6.07 Å². The number of nitrogens with one attached hydrogen (secondary N) is 1. The van der Waals surface area contributed by atoms with Gasteiger partial charge < -0.3 is 19.3 Å². The standard InChI is InChI=1S/C20H23NO7S/c1-26-16-7-4-15(12-18(16)28-3)10-11-21-29(24,25)19-13-14(6-9-20(22)23)5-8-17(19)27-2/h4-9,12-13,21H,10-11H2,1-3H3,(H,22,23)/b9-6+. The largest absolute Gasteiger partial charge is 0.495 e. The van der Waals surface area contributed by atoms with Gasteiger partial charge in [0.15, 0.2) is 11.5 Å². The van der Waals surface area contributed by atoms with Crippen LogP contribution in [0, 0.1) is 0 Å². The van der Waals surface area contributed by atoms with Crippen LogP contribution in [0.5, 0.6) is 17.2 Å². The van der Waals surface area contributed by atoms with Crippen LogP contribution in [0.2, 0.25) is 0 Å². The van der Waals surface area contributed by atoms with Crippen LogP contribution in [0.1, 0.15) is 11.1 Å². The molecule has 0 aliphatic carbocycles. The SMILES string of the molecule is COc1ccc(CCNS(=O)(=O)c2cc(/C=C/C(=O)O)ccc2OC)cc1OC. The molecule has 0 spiro atoms. The van der Waals surface area contributed by atoms with Crippen molar-refractivity contribution in [2.45, 2.75) is 11.3 Å². The van der Waals surface area contributed by atoms with E-state index in [1.54, 1.807) is 25.3 Å². The van der Waals surface area contributed by atoms with E-state index in [1.165, 1.54) is 32.4 Å². The summed E-state index contributed by atoms with van der Waals surface area (Å²) in [5.41, 5.74) is 1.30. The lowest BCUT2D eigenvalue weighted by Gasteiger charge is -2.12. The van der Waals surface area contributed by atoms with Crippen molar-refractivity contribution in [2.24, 2.45) is 0 Å². The second kappa shape index (κ2) is 9.94. The van der Waals surface area contributed by atoms with Crippen molar-refractivity contribution >= 4 is 22.1 Å². The molecule has 0 aliphatic rings. The number of carbonyl (C=O) groups is 1. The zero-order valence-corrected chi connectivity index (χ0v) is 17.2. The van der Waals surface area contributed by atoms with Crippen LogP contribution in [0.3, 0.4) is 0 Å². The normalized spacial score (nSPS) is 11.4. The summed E-state index contributed by atoms with van der Waals surface area (Å²) < 4.78 is 43.6. The summed E-state index contributed by atoms with van der Waals surface area (Å²) in [5, 5.41) is 8.74. The van der Waals surface area contributed by atoms with E-state index in [-0.39, 0.29) is 17.2 Å². The molecule has 2 aromatic carbocycles. The summed E-state index contributed by atoms with van der Waals surface area (Å²) in [5.74, 6) is 0.189. The fourth-order valence-corrected chi connectivity index (χ4v) is 3.85. The van der Waals surface area contributed by atoms with Crippen LogP contribution in [0.4, 0.5) is 0 Å². The van der Waals surface area contributed by atoms with Crippen LogP contribution < -0.4 is 18.9 Å². The van der Waals surface area contributed by atoms with Crippen LogP contribution in [-0.4, -0.2) is 47.4 Å². The molecular weight excluding hydrogens is 398 g/mol. The molecule has 8 nitrogen and oxygen atoms in total. The van der Waals surface area contributed by atoms with E-state index >= 15 is 0 Å². The van der Waals surface area contributed by atoms with Crippen LogP contribution in [-0.2, 0) is 21.2 Å². The van der Waals surface area contributed by atoms with Gasteiger partial charge >= 0.3 is 5.97 Å². The zero-order valence-electron chi connectivity index (χ0n) is 16.3. The third-order valence-corrected chi connectivity index (χ3v) is 5.53. The summed E-state index contributed by atoms with van der Waals surface area (Å²) in [6, 6.07) is 9.77. The first-order valence-corrected chi connectivity index (χ1v) is 10.1. The lowest BCUT2D eigenvalue weighted by molar-refractivity contribution is -0.131. The second-order valence-corrected chi connectivity index (χ2v) is 7.65. The molecule has 0 unspecified atom stereocenters. The summed E-state index contributed by atoms with van der Waals surface area (Å²) in [7, 11) is 0.561. The van der Waals surface area contributed by atoms with Gasteiger partial charge in [0.25, 0.3) is 0 Å². The van der Waals surface area contributed by atoms with E-state index in [0.29, 0.717) is 23.5 Å². The smallest absolute Gasteiger partial charge is 0.328 e. The minimum Gasteiger partial charge on any atom is -0.495 e. The molecule has 0 saturated carbocycles. The molecule has 2 aromatic rings. The van der Waals surface area contributed by atoms with Gasteiger partial charge in [0.1, 0.15) is 10.6 Å². The van der Waals surface area contributed by atoms with Crippen LogP contribution in [0.15, 0.2) is 47.4 Å². The fraction of sp³-hybridized carbons (Fsp3) is 0.250. The minimum atomic E-state index is -3.88. The molecule has 0 aromatic heterocycles. The maximum Gasteiger partial charge on any atom is 0.328 e. The fourth-order valence-electron chi connectivity index (χ4n) is 2.62. The summed E-state index contributed by atoms with van der Waals surface area (Å²) >= 11 is 0. The number of ether oxygens (including phenoxy) is 3. The van der Waals surface area contributed by atoms with Gasteiger partial charge in [-0.2, -0.15) is 0 Å². The van der Waals surface area contributed by atoms with E-state index in [9.17, 15) is 13.2 Å². The highest BCUT2D eigenvalue weighted by molar-refractivity contribution is 7.89. The molecule has 0 aliphatic heterocycles. The molecule has 0 atom stereocenters. The average molecular weight is 421 g/mol. The van der Waals surface area contributed by atoms with Gasteiger partial charge in [0, 0.05) is 12.6 Å². The first-order valence-electron chi connectivity index (χ1n) is 8.60. The number of carboxylic acids is 1. The average Bonchev–Trinajstić information content (AvgIpc) is 2.71. The van der Waals surface area contributed by atoms with Gasteiger partial charge in [-0.05, 0) is 47.9 Å². The van der Waals surface area contributed by atoms with Gasteiger partial charge in [0.05, 0.1) is 21.3 Å². The summed E-state index contributed by atoms with van der Waals surface area (Å²) in [6.07, 6.45) is 2.67. The number of aliphatic carboxylic acids is 1. The predicted molar refractivity (Wildman–Crippen MR) is 108 cm³/mol. The molecule has 0 radical (unpaired) electrons. The van der Waals surface area contributed by atoms with Gasteiger partial charge in [-0.3, -0.25) is 0 Å². The van der Waals surface area contributed by atoms with Crippen molar-refractivity contribution in [1.29, 1.82) is 0 Å². The lowest BCUT2D eigenvalue weighted by atomic mass is 10.1. The molecule has 0 fully saturated rings. The number of hydrogen-bond acceptors (Lipinski definition) is 6. The first kappa shape index (κ1) is 22.3. The van der Waals surface area contributed by atoms with Gasteiger partial charge in [-0.15, -0.1) is 0 Å². The number of hydrogen-bond donors (Lipinski definition) is 2. The Morgan fingerprint density at radius 1 is 1.00 bits per heavy atom. The molecule has 9 heteroatoms. The van der Waals surface area contributed by atoms with Crippen molar-refractivity contribution < 1.29 is 32.5 Å². The van der Waals surface area contributed by atoms with Gasteiger partial charge in [0.2, 0.25) is 10.0 Å². The Morgan fingerprint density at radius 3 is 2.28 bits per heavy atom. The minimum absolute atomic E-state index is 0.0696. The number of sulfonamides is 1. The van der Waals surface area contributed by atoms with E-state index in [4.69, 9.17) is 19.3 Å². The summed E-state index contributed by atoms with van der Waals surface area (Å²) in [6.45, 7) is 0.149. The molecule has 0 bridgehead atoms. The first-order chi connectivity index (χ1) is 13.8. The maximum atomic E-state index is 12.7. The number of carboxylic acid groups (broad SMARTS) is 1. The Balaban J connectivity index is 2.16. The number of rotatable bonds is 10. The van der Waals surface area contributed by atoms with Gasteiger partial charge in [-0.1, -0.05) is 12.1 Å². The Labute approximate surface area is 169 Å². The molecule has 0 amide bonds. The van der Waals surface area contributed by atoms with E-state index < -0.39 is 16.0 Å². The molecule has 2 N–H and O–H groups in total. The topological polar surface area (TPSA) is 111 Å². The second-order valence-electron chi connectivity index (χ2n) is 5.92.